The SMILES string of the molecule is CCCCCN1C=Nc2cccc3nc4c(c1c23)Cn1c-4cc2c(c1=O)COC(=O)[C@@]2(CC)OC(C)=O. The van der Waals surface area contributed by atoms with Gasteiger partial charge >= 0.3 is 11.9 Å². The third-order valence-electron chi connectivity index (χ3n) is 7.57. The average molecular weight is 501 g/mol. The van der Waals surface area contributed by atoms with Gasteiger partial charge in [0.1, 0.15) is 6.61 Å². The fourth-order valence-corrected chi connectivity index (χ4v) is 5.81. The minimum atomic E-state index is -1.66. The zero-order valence-corrected chi connectivity index (χ0v) is 21.2. The van der Waals surface area contributed by atoms with Crippen LogP contribution in [0.4, 0.5) is 11.4 Å². The highest BCUT2D eigenvalue weighted by atomic mass is 16.6. The van der Waals surface area contributed by atoms with Gasteiger partial charge in [0.2, 0.25) is 5.60 Å². The number of ether oxygens (including phenoxy) is 2. The molecule has 5 heterocycles. The minimum absolute atomic E-state index is 0.148. The van der Waals surface area contributed by atoms with E-state index in [2.05, 4.69) is 16.8 Å². The predicted molar refractivity (Wildman–Crippen MR) is 139 cm³/mol. The number of rotatable bonds is 6. The zero-order chi connectivity index (χ0) is 25.9. The van der Waals surface area contributed by atoms with Crippen LogP contribution in [0.1, 0.15) is 63.1 Å². The van der Waals surface area contributed by atoms with Gasteiger partial charge in [0.25, 0.3) is 5.56 Å². The molecule has 0 bridgehead atoms. The summed E-state index contributed by atoms with van der Waals surface area (Å²) in [6, 6.07) is 7.66. The second kappa shape index (κ2) is 8.54. The lowest BCUT2D eigenvalue weighted by Gasteiger charge is -2.35. The molecular weight excluding hydrogens is 472 g/mol. The molecule has 190 valence electrons. The first-order chi connectivity index (χ1) is 17.9. The highest BCUT2D eigenvalue weighted by Gasteiger charge is 2.50. The number of cyclic esters (lactones) is 1. The summed E-state index contributed by atoms with van der Waals surface area (Å²) in [7, 11) is 0. The number of hydrogen-bond donors (Lipinski definition) is 0. The Morgan fingerprint density at radius 2 is 2.03 bits per heavy atom. The van der Waals surface area contributed by atoms with Crippen molar-refractivity contribution in [1.29, 1.82) is 0 Å². The fourth-order valence-electron chi connectivity index (χ4n) is 5.81. The molecule has 0 unspecified atom stereocenters. The molecule has 2 aromatic heterocycles. The topological polar surface area (TPSA) is 103 Å². The molecule has 0 aliphatic carbocycles. The van der Waals surface area contributed by atoms with Gasteiger partial charge in [-0.2, -0.15) is 0 Å². The number of anilines is 1. The summed E-state index contributed by atoms with van der Waals surface area (Å²) in [4.78, 5) is 50.6. The molecular formula is C28H28N4O5. The van der Waals surface area contributed by atoms with Gasteiger partial charge < -0.3 is 18.9 Å². The first kappa shape index (κ1) is 23.4. The fraction of sp³-hybridized carbons (Fsp3) is 0.393. The van der Waals surface area contributed by atoms with Crippen molar-refractivity contribution in [3.63, 3.8) is 0 Å². The molecule has 6 rings (SSSR count). The Morgan fingerprint density at radius 3 is 2.78 bits per heavy atom. The number of pyridine rings is 2. The maximum Gasteiger partial charge on any atom is 0.355 e. The van der Waals surface area contributed by atoms with E-state index in [1.165, 1.54) is 6.92 Å². The molecule has 0 N–H and O–H groups in total. The summed E-state index contributed by atoms with van der Waals surface area (Å²) < 4.78 is 12.6. The van der Waals surface area contributed by atoms with Crippen molar-refractivity contribution < 1.29 is 19.1 Å². The standard InChI is InChI=1S/C28H28N4O5/c1-4-6-7-11-31-15-29-20-9-8-10-21-23(20)25(31)17-13-32-22(24(17)30-21)12-19-18(26(32)34)14-36-27(35)28(19,5-2)37-16(3)33/h8-10,12,15H,4-7,11,13-14H2,1-3H3/t28-/m0/s1. The van der Waals surface area contributed by atoms with Gasteiger partial charge in [-0.05, 0) is 31.0 Å². The van der Waals surface area contributed by atoms with Crippen LogP contribution in [0.25, 0.3) is 22.3 Å². The monoisotopic (exact) mass is 500 g/mol. The van der Waals surface area contributed by atoms with E-state index in [1.54, 1.807) is 17.6 Å². The van der Waals surface area contributed by atoms with Gasteiger partial charge in [-0.25, -0.2) is 14.8 Å². The van der Waals surface area contributed by atoms with Crippen LogP contribution < -0.4 is 10.5 Å². The Kier molecular flexibility index (Phi) is 5.40. The van der Waals surface area contributed by atoms with Gasteiger partial charge in [0.05, 0.1) is 52.1 Å². The zero-order valence-electron chi connectivity index (χ0n) is 21.2. The number of hydrogen-bond acceptors (Lipinski definition) is 8. The van der Waals surface area contributed by atoms with Crippen molar-refractivity contribution in [2.45, 2.75) is 65.2 Å². The van der Waals surface area contributed by atoms with E-state index < -0.39 is 17.5 Å². The summed E-state index contributed by atoms with van der Waals surface area (Å²) in [6.45, 7) is 6.17. The highest BCUT2D eigenvalue weighted by molar-refractivity contribution is 6.11. The lowest BCUT2D eigenvalue weighted by molar-refractivity contribution is -0.188. The van der Waals surface area contributed by atoms with Crippen molar-refractivity contribution >= 4 is 40.6 Å². The molecule has 9 heteroatoms. The highest BCUT2D eigenvalue weighted by Crippen LogP contribution is 2.46. The number of carbonyl (C=O) groups is 2. The van der Waals surface area contributed by atoms with Crippen LogP contribution in [-0.2, 0) is 37.8 Å². The average Bonchev–Trinajstić information content (AvgIpc) is 3.26. The van der Waals surface area contributed by atoms with Crippen LogP contribution in [0.15, 0.2) is 34.1 Å². The van der Waals surface area contributed by atoms with Crippen molar-refractivity contribution in [2.75, 3.05) is 11.4 Å². The number of unbranched alkanes of at least 4 members (excludes halogenated alkanes) is 2. The molecule has 0 saturated heterocycles. The summed E-state index contributed by atoms with van der Waals surface area (Å²) in [5.74, 6) is -1.28. The number of aromatic nitrogens is 2. The first-order valence-corrected chi connectivity index (χ1v) is 12.8. The van der Waals surface area contributed by atoms with Crippen LogP contribution in [0.5, 0.6) is 0 Å². The summed E-state index contributed by atoms with van der Waals surface area (Å²) in [5, 5.41) is 0.979. The number of nitrogens with zero attached hydrogens (tertiary/aromatic N) is 4. The molecule has 9 nitrogen and oxygen atoms in total. The van der Waals surface area contributed by atoms with Gasteiger partial charge in [-0.15, -0.1) is 0 Å². The molecule has 0 fully saturated rings. The predicted octanol–water partition coefficient (Wildman–Crippen LogP) is 4.32. The number of aliphatic imine (C=N–C) groups is 1. The lowest BCUT2D eigenvalue weighted by atomic mass is 9.85. The molecule has 3 aliphatic rings. The molecule has 0 amide bonds. The van der Waals surface area contributed by atoms with Crippen molar-refractivity contribution in [3.05, 3.63) is 51.3 Å². The summed E-state index contributed by atoms with van der Waals surface area (Å²) >= 11 is 0. The van der Waals surface area contributed by atoms with Crippen molar-refractivity contribution in [2.24, 2.45) is 4.99 Å². The molecule has 0 spiro atoms. The Hall–Kier alpha value is -4.01. The third kappa shape index (κ3) is 3.33. The maximum atomic E-state index is 13.8. The van der Waals surface area contributed by atoms with Crippen LogP contribution in [0, 0.1) is 0 Å². The second-order valence-corrected chi connectivity index (χ2v) is 9.77. The number of carbonyl (C=O) groups excluding carboxylic acids is 2. The smallest absolute Gasteiger partial charge is 0.355 e. The number of fused-ring (bicyclic) bond motifs is 5. The van der Waals surface area contributed by atoms with Gasteiger partial charge in [0, 0.05) is 24.6 Å². The lowest BCUT2D eigenvalue weighted by Crippen LogP contribution is -2.47. The van der Waals surface area contributed by atoms with E-state index in [4.69, 9.17) is 14.5 Å². The quantitative estimate of drug-likeness (QED) is 0.287. The third-order valence-corrected chi connectivity index (χ3v) is 7.57. The Labute approximate surface area is 213 Å². The molecule has 0 saturated carbocycles. The minimum Gasteiger partial charge on any atom is -0.457 e. The van der Waals surface area contributed by atoms with E-state index in [9.17, 15) is 14.4 Å². The van der Waals surface area contributed by atoms with Crippen LogP contribution in [0.2, 0.25) is 0 Å². The van der Waals surface area contributed by atoms with Gasteiger partial charge in [-0.3, -0.25) is 9.59 Å². The van der Waals surface area contributed by atoms with Crippen LogP contribution >= 0.6 is 0 Å². The van der Waals surface area contributed by atoms with E-state index in [0.717, 1.165) is 53.6 Å². The van der Waals surface area contributed by atoms with Gasteiger partial charge in [-0.1, -0.05) is 32.8 Å². The van der Waals surface area contributed by atoms with Crippen molar-refractivity contribution in [1.82, 2.24) is 9.55 Å². The van der Waals surface area contributed by atoms with E-state index in [0.29, 0.717) is 29.1 Å². The molecule has 3 aliphatic heterocycles. The van der Waals surface area contributed by atoms with E-state index in [1.807, 2.05) is 24.5 Å². The second-order valence-electron chi connectivity index (χ2n) is 9.77. The van der Waals surface area contributed by atoms with Crippen LogP contribution in [0.3, 0.4) is 0 Å². The summed E-state index contributed by atoms with van der Waals surface area (Å²) in [5.41, 5.74) is 3.73. The van der Waals surface area contributed by atoms with E-state index >= 15 is 0 Å². The normalized spacial score (nSPS) is 18.9. The molecule has 1 atom stereocenters. The molecule has 37 heavy (non-hydrogen) atoms. The number of benzene rings is 1. The number of esters is 2. The Balaban J connectivity index is 1.59. The Morgan fingerprint density at radius 1 is 1.19 bits per heavy atom. The van der Waals surface area contributed by atoms with Gasteiger partial charge in [0.15, 0.2) is 0 Å². The Bertz CT molecular complexity index is 1570. The largest absolute Gasteiger partial charge is 0.457 e. The van der Waals surface area contributed by atoms with Crippen LogP contribution in [-0.4, -0.2) is 34.4 Å². The first-order valence-electron chi connectivity index (χ1n) is 12.8. The molecule has 0 radical (unpaired) electrons. The van der Waals surface area contributed by atoms with E-state index in [-0.39, 0.29) is 18.6 Å². The maximum absolute atomic E-state index is 13.8. The molecule has 1 aromatic carbocycles. The molecule has 3 aromatic rings. The summed E-state index contributed by atoms with van der Waals surface area (Å²) in [6.07, 6.45) is 5.26. The van der Waals surface area contributed by atoms with Crippen molar-refractivity contribution in [3.8, 4) is 11.4 Å².